The average molecular weight is 174 g/mol. The molecule has 1 aromatic carbocycles. The minimum absolute atomic E-state index is 0.876. The Kier molecular flexibility index (Phi) is 2.68. The second-order valence-corrected chi connectivity index (χ2v) is 4.32. The summed E-state index contributed by atoms with van der Waals surface area (Å²) in [5.41, 5.74) is 3.18. The maximum atomic E-state index is 2.38. The first kappa shape index (κ1) is 8.80. The van der Waals surface area contributed by atoms with Gasteiger partial charge in [-0.3, -0.25) is 0 Å². The lowest BCUT2D eigenvalue weighted by atomic mass is 9.88. The number of hydrogen-bond donors (Lipinski definition) is 0. The van der Waals surface area contributed by atoms with Gasteiger partial charge >= 0.3 is 0 Å². The van der Waals surface area contributed by atoms with Gasteiger partial charge in [0.15, 0.2) is 0 Å². The Morgan fingerprint density at radius 1 is 1.08 bits per heavy atom. The largest absolute Gasteiger partial charge is 0.0622 e. The van der Waals surface area contributed by atoms with Crippen molar-refractivity contribution in [1.29, 1.82) is 0 Å². The van der Waals surface area contributed by atoms with E-state index in [0.29, 0.717) is 0 Å². The zero-order chi connectivity index (χ0) is 9.10. The van der Waals surface area contributed by atoms with Crippen LogP contribution in [0.5, 0.6) is 0 Å². The molecule has 1 atom stereocenters. The third-order valence-corrected chi connectivity index (χ3v) is 3.08. The van der Waals surface area contributed by atoms with Gasteiger partial charge in [-0.25, -0.2) is 0 Å². The van der Waals surface area contributed by atoms with Crippen LogP contribution < -0.4 is 0 Å². The molecule has 0 saturated heterocycles. The summed E-state index contributed by atoms with van der Waals surface area (Å²) in [6.45, 7) is 2.38. The SMILES string of the molecule is C[C@@H]1CCCCc2ccccc2C1. The number of rotatable bonds is 0. The highest BCUT2D eigenvalue weighted by Crippen LogP contribution is 2.23. The summed E-state index contributed by atoms with van der Waals surface area (Å²) < 4.78 is 0. The summed E-state index contributed by atoms with van der Waals surface area (Å²) in [5.74, 6) is 0.876. The van der Waals surface area contributed by atoms with Crippen molar-refractivity contribution < 1.29 is 0 Å². The molecule has 70 valence electrons. The van der Waals surface area contributed by atoms with Crippen molar-refractivity contribution in [2.24, 2.45) is 5.92 Å². The number of aryl methyl sites for hydroxylation is 1. The smallest absolute Gasteiger partial charge is 0.0250 e. The summed E-state index contributed by atoms with van der Waals surface area (Å²) in [6, 6.07) is 8.95. The van der Waals surface area contributed by atoms with Crippen LogP contribution in [-0.2, 0) is 12.8 Å². The van der Waals surface area contributed by atoms with E-state index in [4.69, 9.17) is 0 Å². The summed E-state index contributed by atoms with van der Waals surface area (Å²) >= 11 is 0. The van der Waals surface area contributed by atoms with Gasteiger partial charge in [-0.1, -0.05) is 44.0 Å². The molecule has 1 aliphatic carbocycles. The van der Waals surface area contributed by atoms with Gasteiger partial charge in [0.25, 0.3) is 0 Å². The van der Waals surface area contributed by atoms with Crippen LogP contribution in [0.15, 0.2) is 24.3 Å². The molecule has 0 fully saturated rings. The third kappa shape index (κ3) is 2.12. The Bertz CT molecular complexity index is 275. The van der Waals surface area contributed by atoms with E-state index >= 15 is 0 Å². The molecule has 0 amide bonds. The molecule has 0 radical (unpaired) electrons. The number of hydrogen-bond acceptors (Lipinski definition) is 0. The molecule has 0 spiro atoms. The average Bonchev–Trinajstić information content (AvgIpc) is 2.11. The standard InChI is InChI=1S/C13H18/c1-11-6-2-3-7-12-8-4-5-9-13(12)10-11/h4-5,8-9,11H,2-3,6-7,10H2,1H3/t11-/m1/s1. The van der Waals surface area contributed by atoms with Crippen molar-refractivity contribution in [2.45, 2.75) is 39.0 Å². The Hall–Kier alpha value is -0.780. The van der Waals surface area contributed by atoms with Crippen LogP contribution in [0.4, 0.5) is 0 Å². The quantitative estimate of drug-likeness (QED) is 0.564. The maximum absolute atomic E-state index is 2.38. The fourth-order valence-corrected chi connectivity index (χ4v) is 2.29. The minimum Gasteiger partial charge on any atom is -0.0622 e. The van der Waals surface area contributed by atoms with Gasteiger partial charge in [-0.05, 0) is 36.3 Å². The first-order valence-electron chi connectivity index (χ1n) is 5.43. The predicted molar refractivity (Wildman–Crippen MR) is 56.9 cm³/mol. The molecule has 0 aliphatic heterocycles. The van der Waals surface area contributed by atoms with Crippen LogP contribution in [0.2, 0.25) is 0 Å². The first-order chi connectivity index (χ1) is 6.36. The normalized spacial score (nSPS) is 23.0. The molecule has 0 N–H and O–H groups in total. The molecule has 0 heterocycles. The number of fused-ring (bicyclic) bond motifs is 1. The molecule has 0 aromatic heterocycles. The van der Waals surface area contributed by atoms with E-state index in [9.17, 15) is 0 Å². The molecular formula is C13H18. The van der Waals surface area contributed by atoms with Gasteiger partial charge in [-0.2, -0.15) is 0 Å². The van der Waals surface area contributed by atoms with E-state index in [1.54, 1.807) is 11.1 Å². The van der Waals surface area contributed by atoms with Crippen molar-refractivity contribution >= 4 is 0 Å². The van der Waals surface area contributed by atoms with E-state index in [2.05, 4.69) is 31.2 Å². The van der Waals surface area contributed by atoms with Crippen molar-refractivity contribution in [3.63, 3.8) is 0 Å². The molecule has 0 heteroatoms. The fourth-order valence-electron chi connectivity index (χ4n) is 2.29. The highest BCUT2D eigenvalue weighted by atomic mass is 14.2. The monoisotopic (exact) mass is 174 g/mol. The predicted octanol–water partition coefficient (Wildman–Crippen LogP) is 3.59. The Balaban J connectivity index is 2.25. The molecule has 1 aromatic rings. The molecule has 2 rings (SSSR count). The molecule has 0 bridgehead atoms. The zero-order valence-electron chi connectivity index (χ0n) is 8.42. The summed E-state index contributed by atoms with van der Waals surface area (Å²) in [5, 5.41) is 0. The van der Waals surface area contributed by atoms with E-state index in [0.717, 1.165) is 5.92 Å². The van der Waals surface area contributed by atoms with E-state index < -0.39 is 0 Å². The van der Waals surface area contributed by atoms with Crippen LogP contribution in [0.3, 0.4) is 0 Å². The maximum Gasteiger partial charge on any atom is -0.0250 e. The molecular weight excluding hydrogens is 156 g/mol. The van der Waals surface area contributed by atoms with E-state index in [1.807, 2.05) is 0 Å². The lowest BCUT2D eigenvalue weighted by Crippen LogP contribution is -2.06. The third-order valence-electron chi connectivity index (χ3n) is 3.08. The molecule has 13 heavy (non-hydrogen) atoms. The fraction of sp³-hybridized carbons (Fsp3) is 0.538. The van der Waals surface area contributed by atoms with Gasteiger partial charge in [0.1, 0.15) is 0 Å². The Labute approximate surface area is 81.0 Å². The van der Waals surface area contributed by atoms with Crippen LogP contribution in [-0.4, -0.2) is 0 Å². The van der Waals surface area contributed by atoms with Crippen molar-refractivity contribution in [3.8, 4) is 0 Å². The van der Waals surface area contributed by atoms with Gasteiger partial charge in [-0.15, -0.1) is 0 Å². The molecule has 1 aliphatic rings. The van der Waals surface area contributed by atoms with Crippen molar-refractivity contribution in [3.05, 3.63) is 35.4 Å². The highest BCUT2D eigenvalue weighted by Gasteiger charge is 2.10. The van der Waals surface area contributed by atoms with Crippen molar-refractivity contribution in [2.75, 3.05) is 0 Å². The molecule has 0 unspecified atom stereocenters. The molecule has 0 saturated carbocycles. The van der Waals surface area contributed by atoms with Crippen LogP contribution in [0.1, 0.15) is 37.3 Å². The zero-order valence-corrected chi connectivity index (χ0v) is 8.42. The Morgan fingerprint density at radius 3 is 2.69 bits per heavy atom. The van der Waals surface area contributed by atoms with Gasteiger partial charge in [0, 0.05) is 0 Å². The first-order valence-corrected chi connectivity index (χ1v) is 5.43. The van der Waals surface area contributed by atoms with E-state index in [1.165, 1.54) is 32.1 Å². The number of benzene rings is 1. The van der Waals surface area contributed by atoms with Gasteiger partial charge in [0.05, 0.1) is 0 Å². The molecule has 0 nitrogen and oxygen atoms in total. The van der Waals surface area contributed by atoms with Crippen molar-refractivity contribution in [1.82, 2.24) is 0 Å². The van der Waals surface area contributed by atoms with Crippen LogP contribution in [0.25, 0.3) is 0 Å². The topological polar surface area (TPSA) is 0 Å². The summed E-state index contributed by atoms with van der Waals surface area (Å²) in [7, 11) is 0. The van der Waals surface area contributed by atoms with Gasteiger partial charge < -0.3 is 0 Å². The van der Waals surface area contributed by atoms with Gasteiger partial charge in [0.2, 0.25) is 0 Å². The van der Waals surface area contributed by atoms with E-state index in [-0.39, 0.29) is 0 Å². The Morgan fingerprint density at radius 2 is 1.85 bits per heavy atom. The summed E-state index contributed by atoms with van der Waals surface area (Å²) in [6.07, 6.45) is 6.78. The minimum atomic E-state index is 0.876. The lowest BCUT2D eigenvalue weighted by Gasteiger charge is -2.18. The lowest BCUT2D eigenvalue weighted by molar-refractivity contribution is 0.481. The summed E-state index contributed by atoms with van der Waals surface area (Å²) in [4.78, 5) is 0. The highest BCUT2D eigenvalue weighted by molar-refractivity contribution is 5.27. The van der Waals surface area contributed by atoms with Crippen LogP contribution >= 0.6 is 0 Å². The second-order valence-electron chi connectivity index (χ2n) is 4.32. The second kappa shape index (κ2) is 3.95. The van der Waals surface area contributed by atoms with Crippen LogP contribution in [0, 0.1) is 5.92 Å².